The molecule has 0 aromatic carbocycles. The number of carbonyl (C=O) groups is 4. The summed E-state index contributed by atoms with van der Waals surface area (Å²) in [7, 11) is -8.70. The highest BCUT2D eigenvalue weighted by atomic mass is 79.9. The summed E-state index contributed by atoms with van der Waals surface area (Å²) in [5, 5.41) is 32.5. The molecular weight excluding hydrogens is 1430 g/mol. The van der Waals surface area contributed by atoms with Gasteiger partial charge in [-0.25, -0.2) is 9.97 Å². The summed E-state index contributed by atoms with van der Waals surface area (Å²) < 4.78 is 41.1. The number of aryl methyl sites for hydroxylation is 2. The van der Waals surface area contributed by atoms with E-state index in [-0.39, 0.29) is 65.6 Å². The van der Waals surface area contributed by atoms with Crippen LogP contribution in [-0.4, -0.2) is 137 Å². The van der Waals surface area contributed by atoms with Gasteiger partial charge in [-0.1, -0.05) is 172 Å². The van der Waals surface area contributed by atoms with Crippen LogP contribution >= 0.6 is 38.6 Å². The van der Waals surface area contributed by atoms with Crippen LogP contribution < -0.4 is 0 Å². The first-order valence-electron chi connectivity index (χ1n) is 38.4. The standard InChI is InChI=1S/C38H68BrNO6SSi2.C38H68N4O6SSi2/c1-13-48(14-2,15-3)45-34-24-35(42)44-33(27(8)22-30-25-47-29(10)40-30)23-31(39)32(41)21-19-20-26(7)36(28(9)37(43)38(34,11)12)46-49(16-4,17-5)18-6;1-13-50(14-2,15-3)47-34-24-35(44)46-33(27(8)22-30-25-49-29(10)40-30)23-31(41-42-39)32(43)21-19-20-26(7)36(28(9)37(45)38(34,11)12)48-51(16-4,17-5)18-6/h22,25-26,28,31-34,36,41H,13-21,23-24H2,1-12H3;22,25-26,28,31-34,36,43H,13-21,23-24H2,1-12H3/b2*27-22+/t26?,28-,31-,32-,33?,34+,36+;26?,28-,31+,32-,33?,34+,36+/m11/s1. The largest absolute Gasteiger partial charge is 0.458 e. The van der Waals surface area contributed by atoms with Crippen molar-refractivity contribution in [1.82, 2.24) is 9.97 Å². The number of esters is 2. The van der Waals surface area contributed by atoms with Gasteiger partial charge in [-0.3, -0.25) is 19.2 Å². The number of aromatic nitrogens is 2. The van der Waals surface area contributed by atoms with Gasteiger partial charge in [0.25, 0.3) is 0 Å². The van der Waals surface area contributed by atoms with Crippen molar-refractivity contribution in [2.75, 3.05) is 0 Å². The Morgan fingerprint density at radius 2 is 0.890 bits per heavy atom. The molecule has 0 radical (unpaired) electrons. The molecule has 17 nitrogen and oxygen atoms in total. The number of aliphatic hydroxyl groups is 2. The third-order valence-corrected chi connectivity index (χ3v) is 44.8. The predicted molar refractivity (Wildman–Crippen MR) is 427 cm³/mol. The van der Waals surface area contributed by atoms with Gasteiger partial charge in [0.1, 0.15) is 23.8 Å². The topological polar surface area (TPSA) is 239 Å². The summed E-state index contributed by atoms with van der Waals surface area (Å²) in [6, 6.07) is 10.4. The van der Waals surface area contributed by atoms with E-state index in [1.165, 1.54) is 11.3 Å². The lowest BCUT2D eigenvalue weighted by atomic mass is 9.73. The van der Waals surface area contributed by atoms with E-state index in [0.717, 1.165) is 124 Å². The van der Waals surface area contributed by atoms with Gasteiger partial charge in [0.2, 0.25) is 0 Å². The van der Waals surface area contributed by atoms with Crippen LogP contribution in [0.3, 0.4) is 0 Å². The number of rotatable bonds is 25. The average molecular weight is 1570 g/mol. The van der Waals surface area contributed by atoms with Crippen LogP contribution in [0.4, 0.5) is 0 Å². The Kier molecular flexibility index (Phi) is 39.1. The molecule has 2 aromatic heterocycles. The SMILES string of the molecule is CC[Si](CC)(CC)O[C@H]1CC(=O)OC(/C(C)=C/c2csc(C)n2)C[C@@H](Br)[C@H](O)CCCC(C)[C@H](O[Si](CC)(CC)CC)[C@@H](C)C(=O)C1(C)C.CC[Si](CC)(CC)O[C@H]1CC(=O)OC(/C(C)=C/c2csc(C)n2)C[C@H](N=[N+]=[N-])[C@H](O)CCCC(C)[C@H](O[Si](CC)(CC)CC)[C@@H](C)C(=O)C1(C)C. The third kappa shape index (κ3) is 25.6. The number of hydrogen-bond acceptors (Lipinski definition) is 17. The predicted octanol–water partition coefficient (Wildman–Crippen LogP) is 20.9. The van der Waals surface area contributed by atoms with E-state index in [9.17, 15) is 34.9 Å². The van der Waals surface area contributed by atoms with Gasteiger partial charge in [-0.05, 0) is 173 Å². The molecule has 2 aliphatic heterocycles. The van der Waals surface area contributed by atoms with E-state index < -0.39 is 105 Å². The number of aliphatic hydroxyl groups excluding tert-OH is 2. The fourth-order valence-corrected chi connectivity index (χ4v) is 28.9. The molecule has 0 aliphatic carbocycles. The number of ketones is 2. The van der Waals surface area contributed by atoms with E-state index in [1.807, 2.05) is 92.1 Å². The summed E-state index contributed by atoms with van der Waals surface area (Å²) >= 11 is 6.87. The lowest BCUT2D eigenvalue weighted by Gasteiger charge is -2.44. The molecule has 2 aliphatic rings. The minimum Gasteiger partial charge on any atom is -0.458 e. The highest BCUT2D eigenvalue weighted by Gasteiger charge is 2.51. The number of cyclic esters (lactones) is 2. The molecule has 2 N–H and O–H groups in total. The zero-order valence-corrected chi connectivity index (χ0v) is 73.6. The van der Waals surface area contributed by atoms with Crippen LogP contribution in [0.5, 0.6) is 0 Å². The Bertz CT molecular complexity index is 2910. The lowest BCUT2D eigenvalue weighted by molar-refractivity contribution is -0.155. The number of nitrogens with zero attached hydrogens (tertiary/aromatic N) is 5. The van der Waals surface area contributed by atoms with Crippen molar-refractivity contribution < 1.29 is 56.6 Å². The molecule has 0 saturated carbocycles. The molecule has 4 unspecified atom stereocenters. The zero-order valence-electron chi connectivity index (χ0n) is 66.4. The van der Waals surface area contributed by atoms with Gasteiger partial charge in [0, 0.05) is 49.6 Å². The molecule has 0 bridgehead atoms. The number of ether oxygens (including phenoxy) is 2. The van der Waals surface area contributed by atoms with Crippen molar-refractivity contribution in [1.29, 1.82) is 0 Å². The second-order valence-corrected chi connectivity index (χ2v) is 52.7. The van der Waals surface area contributed by atoms with E-state index in [4.69, 9.17) is 27.2 Å². The number of azide groups is 1. The Morgan fingerprint density at radius 3 is 1.20 bits per heavy atom. The normalized spacial score (nSPS) is 28.3. The quantitative estimate of drug-likeness (QED) is 0.0235. The average Bonchev–Trinajstić information content (AvgIpc) is 0.922. The van der Waals surface area contributed by atoms with Crippen LogP contribution in [0.25, 0.3) is 22.6 Å². The number of hydrogen-bond donors (Lipinski definition) is 2. The van der Waals surface area contributed by atoms with E-state index >= 15 is 0 Å². The summed E-state index contributed by atoms with van der Waals surface area (Å²) in [5.74, 6) is -1.44. The monoisotopic (exact) mass is 1570 g/mol. The summed E-state index contributed by atoms with van der Waals surface area (Å²) in [4.78, 5) is 69.9. The van der Waals surface area contributed by atoms with Crippen LogP contribution in [-0.2, 0) is 46.4 Å². The number of Topliss-reactive ketones (excluding diaryl/α,β-unsaturated/α-hetero) is 2. The number of carbonyl (C=O) groups excluding carboxylic acids is 4. The van der Waals surface area contributed by atoms with Crippen molar-refractivity contribution in [3.05, 3.63) is 53.8 Å². The fraction of sp³-hybridized carbons (Fsp3) is 0.816. The van der Waals surface area contributed by atoms with Crippen LogP contribution in [0.15, 0.2) is 27.0 Å². The maximum absolute atomic E-state index is 14.9. The second-order valence-electron chi connectivity index (χ2n) is 30.5. The van der Waals surface area contributed by atoms with Gasteiger partial charge < -0.3 is 37.4 Å². The highest BCUT2D eigenvalue weighted by Crippen LogP contribution is 2.43. The Hall–Kier alpha value is -2.56. The van der Waals surface area contributed by atoms with E-state index in [1.54, 1.807) is 11.3 Å². The first-order chi connectivity index (χ1) is 47.0. The highest BCUT2D eigenvalue weighted by molar-refractivity contribution is 9.09. The van der Waals surface area contributed by atoms with Crippen molar-refractivity contribution in [3.63, 3.8) is 0 Å². The van der Waals surface area contributed by atoms with Crippen LogP contribution in [0.2, 0.25) is 72.5 Å². The molecule has 4 rings (SSSR count). The van der Waals surface area contributed by atoms with Crippen molar-refractivity contribution in [2.45, 2.75) is 363 Å². The van der Waals surface area contributed by atoms with Crippen molar-refractivity contribution >= 4 is 108 Å². The molecule has 2 aromatic rings. The molecule has 2 fully saturated rings. The number of halogens is 1. The number of thiazole rings is 2. The third-order valence-electron chi connectivity index (χ3n) is 23.7. The molecule has 0 amide bonds. The van der Waals surface area contributed by atoms with E-state index in [0.29, 0.717) is 25.7 Å². The van der Waals surface area contributed by atoms with E-state index in [2.05, 4.69) is 133 Å². The minimum atomic E-state index is -2.29. The smallest absolute Gasteiger partial charge is 0.309 e. The van der Waals surface area contributed by atoms with Gasteiger partial charge in [0.15, 0.2) is 33.3 Å². The van der Waals surface area contributed by atoms with Crippen LogP contribution in [0, 0.1) is 48.3 Å². The van der Waals surface area contributed by atoms with Crippen molar-refractivity contribution in [2.24, 2.45) is 39.6 Å². The first-order valence-corrected chi connectivity index (χ1v) is 51.2. The van der Waals surface area contributed by atoms with Crippen molar-refractivity contribution in [3.8, 4) is 0 Å². The minimum absolute atomic E-state index is 0.0199. The summed E-state index contributed by atoms with van der Waals surface area (Å²) in [6.45, 7) is 50.1. The summed E-state index contributed by atoms with van der Waals surface area (Å²) in [5.41, 5.74) is 10.7. The molecule has 4 heterocycles. The number of alkyl halides is 1. The maximum Gasteiger partial charge on any atom is 0.309 e. The molecule has 572 valence electrons. The molecular formula is C76H136BrN5O12S2Si4. The lowest BCUT2D eigenvalue weighted by Crippen LogP contribution is -2.53. The molecule has 24 heteroatoms. The maximum atomic E-state index is 14.9. The van der Waals surface area contributed by atoms with Gasteiger partial charge in [-0.2, -0.15) is 0 Å². The second kappa shape index (κ2) is 42.7. The molecule has 14 atom stereocenters. The Balaban J connectivity index is 0.000000521. The molecule has 2 saturated heterocycles. The van der Waals surface area contributed by atoms with Gasteiger partial charge in [0.05, 0.1) is 76.9 Å². The molecule has 100 heavy (non-hydrogen) atoms. The Morgan fingerprint density at radius 1 is 0.570 bits per heavy atom. The first kappa shape index (κ1) is 91.6. The van der Waals surface area contributed by atoms with Crippen LogP contribution in [0.1, 0.15) is 238 Å². The summed E-state index contributed by atoms with van der Waals surface area (Å²) in [6.07, 6.45) is 3.48. The zero-order chi connectivity index (χ0) is 75.7. The Labute approximate surface area is 625 Å². The molecule has 0 spiro atoms. The van der Waals surface area contributed by atoms with Gasteiger partial charge >= 0.3 is 11.9 Å². The van der Waals surface area contributed by atoms with Gasteiger partial charge in [-0.15, -0.1) is 22.7 Å². The fourth-order valence-electron chi connectivity index (χ4n) is 15.1.